The molecular weight excluding hydrogens is 216 g/mol. The van der Waals surface area contributed by atoms with Crippen LogP contribution in [0.1, 0.15) is 43.2 Å². The van der Waals surface area contributed by atoms with Crippen molar-refractivity contribution in [1.82, 2.24) is 0 Å². The van der Waals surface area contributed by atoms with Crippen LogP contribution in [0, 0.1) is 5.92 Å². The highest BCUT2D eigenvalue weighted by Crippen LogP contribution is 2.49. The Bertz CT molecular complexity index is 437. The summed E-state index contributed by atoms with van der Waals surface area (Å²) < 4.78 is 5.37. The largest absolute Gasteiger partial charge is 0.496 e. The van der Waals surface area contributed by atoms with E-state index in [1.807, 2.05) is 18.2 Å². The summed E-state index contributed by atoms with van der Waals surface area (Å²) in [5.41, 5.74) is 2.02. The first-order chi connectivity index (χ1) is 8.06. The molecular formula is C14H18O3. The van der Waals surface area contributed by atoms with Crippen molar-refractivity contribution < 1.29 is 14.6 Å². The van der Waals surface area contributed by atoms with Gasteiger partial charge in [-0.05, 0) is 29.9 Å². The molecule has 1 aromatic carbocycles. The number of fused-ring (bicyclic) bond motifs is 1. The fourth-order valence-corrected chi connectivity index (χ4v) is 2.78. The molecule has 0 bridgehead atoms. The van der Waals surface area contributed by atoms with E-state index in [2.05, 4.69) is 13.8 Å². The summed E-state index contributed by atoms with van der Waals surface area (Å²) in [7, 11) is 1.64. The van der Waals surface area contributed by atoms with E-state index in [9.17, 15) is 9.90 Å². The van der Waals surface area contributed by atoms with Gasteiger partial charge in [0.15, 0.2) is 0 Å². The van der Waals surface area contributed by atoms with Gasteiger partial charge in [-0.15, -0.1) is 0 Å². The second kappa shape index (κ2) is 4.40. The van der Waals surface area contributed by atoms with Crippen LogP contribution in [-0.4, -0.2) is 18.2 Å². The number of methoxy groups -OCH3 is 1. The van der Waals surface area contributed by atoms with E-state index in [4.69, 9.17) is 4.74 Å². The lowest BCUT2D eigenvalue weighted by molar-refractivity contribution is -0.138. The molecule has 0 spiro atoms. The monoisotopic (exact) mass is 234 g/mol. The van der Waals surface area contributed by atoms with Gasteiger partial charge in [-0.2, -0.15) is 0 Å². The first kappa shape index (κ1) is 12.0. The van der Waals surface area contributed by atoms with Gasteiger partial charge in [0.1, 0.15) is 5.75 Å². The van der Waals surface area contributed by atoms with E-state index in [-0.39, 0.29) is 11.8 Å². The molecule has 0 heterocycles. The molecule has 2 rings (SSSR count). The Balaban J connectivity index is 2.54. The number of aliphatic carboxylic acids is 1. The molecule has 1 aliphatic carbocycles. The van der Waals surface area contributed by atoms with Crippen LogP contribution >= 0.6 is 0 Å². The maximum atomic E-state index is 11.3. The van der Waals surface area contributed by atoms with Crippen molar-refractivity contribution in [3.8, 4) is 5.75 Å². The number of rotatable bonds is 3. The zero-order valence-corrected chi connectivity index (χ0v) is 10.4. The van der Waals surface area contributed by atoms with Crippen molar-refractivity contribution in [3.63, 3.8) is 0 Å². The summed E-state index contributed by atoms with van der Waals surface area (Å²) in [5, 5.41) is 9.28. The second-order valence-corrected chi connectivity index (χ2v) is 4.94. The van der Waals surface area contributed by atoms with Gasteiger partial charge in [0.05, 0.1) is 13.0 Å². The summed E-state index contributed by atoms with van der Waals surface area (Å²) in [4.78, 5) is 11.3. The molecule has 3 heteroatoms. The fraction of sp³-hybridized carbons (Fsp3) is 0.500. The molecule has 0 saturated heterocycles. The summed E-state index contributed by atoms with van der Waals surface area (Å²) in [6.07, 6.45) is 0.683. The highest BCUT2D eigenvalue weighted by atomic mass is 16.5. The zero-order valence-electron chi connectivity index (χ0n) is 10.4. The number of hydrogen-bond acceptors (Lipinski definition) is 2. The molecule has 17 heavy (non-hydrogen) atoms. The molecule has 0 aromatic heterocycles. The predicted octanol–water partition coefficient (Wildman–Crippen LogP) is 3.01. The average Bonchev–Trinajstić information content (AvgIpc) is 2.68. The molecule has 0 amide bonds. The zero-order chi connectivity index (χ0) is 12.6. The van der Waals surface area contributed by atoms with E-state index < -0.39 is 5.97 Å². The Kier molecular flexibility index (Phi) is 3.09. The lowest BCUT2D eigenvalue weighted by Gasteiger charge is -2.18. The van der Waals surface area contributed by atoms with E-state index in [1.54, 1.807) is 7.11 Å². The van der Waals surface area contributed by atoms with Gasteiger partial charge in [0.25, 0.3) is 0 Å². The minimum absolute atomic E-state index is 0.280. The molecule has 0 fully saturated rings. The Hall–Kier alpha value is -1.51. The molecule has 0 radical (unpaired) electrons. The third kappa shape index (κ3) is 1.90. The molecule has 0 aliphatic heterocycles. The number of carbonyl (C=O) groups is 1. The van der Waals surface area contributed by atoms with Gasteiger partial charge >= 0.3 is 5.97 Å². The maximum Gasteiger partial charge on any atom is 0.311 e. The first-order valence-corrected chi connectivity index (χ1v) is 5.95. The minimum atomic E-state index is -0.734. The van der Waals surface area contributed by atoms with Crippen molar-refractivity contribution in [3.05, 3.63) is 29.3 Å². The van der Waals surface area contributed by atoms with Crippen LogP contribution in [-0.2, 0) is 4.79 Å². The highest BCUT2D eigenvalue weighted by Gasteiger charge is 2.38. The Labute approximate surface area is 101 Å². The summed E-state index contributed by atoms with van der Waals surface area (Å²) >= 11 is 0. The van der Waals surface area contributed by atoms with Crippen LogP contribution in [0.25, 0.3) is 0 Å². The molecule has 3 nitrogen and oxygen atoms in total. The van der Waals surface area contributed by atoms with E-state index in [0.717, 1.165) is 16.9 Å². The molecule has 0 saturated carbocycles. The number of carboxylic acid groups (broad SMARTS) is 1. The number of benzene rings is 1. The Morgan fingerprint density at radius 1 is 1.47 bits per heavy atom. The van der Waals surface area contributed by atoms with Crippen molar-refractivity contribution in [1.29, 1.82) is 0 Å². The van der Waals surface area contributed by atoms with E-state index in [0.29, 0.717) is 12.3 Å². The van der Waals surface area contributed by atoms with Crippen molar-refractivity contribution in [2.75, 3.05) is 7.11 Å². The minimum Gasteiger partial charge on any atom is -0.496 e. The van der Waals surface area contributed by atoms with Gasteiger partial charge < -0.3 is 9.84 Å². The van der Waals surface area contributed by atoms with Crippen LogP contribution in [0.3, 0.4) is 0 Å². The quantitative estimate of drug-likeness (QED) is 0.874. The van der Waals surface area contributed by atoms with Crippen LogP contribution < -0.4 is 4.74 Å². The summed E-state index contributed by atoms with van der Waals surface area (Å²) in [5.74, 6) is 0.414. The van der Waals surface area contributed by atoms with Crippen LogP contribution in [0.2, 0.25) is 0 Å². The van der Waals surface area contributed by atoms with Gasteiger partial charge in [0, 0.05) is 5.56 Å². The van der Waals surface area contributed by atoms with E-state index >= 15 is 0 Å². The van der Waals surface area contributed by atoms with Gasteiger partial charge in [-0.3, -0.25) is 4.79 Å². The molecule has 92 valence electrons. The summed E-state index contributed by atoms with van der Waals surface area (Å²) in [6, 6.07) is 5.70. The smallest absolute Gasteiger partial charge is 0.311 e. The lowest BCUT2D eigenvalue weighted by atomic mass is 9.89. The molecule has 2 unspecified atom stereocenters. The third-order valence-corrected chi connectivity index (χ3v) is 3.66. The molecule has 1 aromatic rings. The molecule has 1 N–H and O–H groups in total. The number of carboxylic acids is 1. The topological polar surface area (TPSA) is 46.5 Å². The van der Waals surface area contributed by atoms with E-state index in [1.165, 1.54) is 0 Å². The lowest BCUT2D eigenvalue weighted by Crippen LogP contribution is -2.09. The van der Waals surface area contributed by atoms with Gasteiger partial charge in [-0.25, -0.2) is 0 Å². The van der Waals surface area contributed by atoms with Crippen LogP contribution in [0.4, 0.5) is 0 Å². The SMILES string of the molecule is COc1cccc2c1C(C(C)C)CC2C(=O)O. The maximum absolute atomic E-state index is 11.3. The molecule has 2 atom stereocenters. The normalized spacial score (nSPS) is 22.6. The second-order valence-electron chi connectivity index (χ2n) is 4.94. The average molecular weight is 234 g/mol. The molecule has 1 aliphatic rings. The highest BCUT2D eigenvalue weighted by molar-refractivity contribution is 5.79. The van der Waals surface area contributed by atoms with Crippen molar-refractivity contribution in [2.45, 2.75) is 32.1 Å². The van der Waals surface area contributed by atoms with Gasteiger partial charge in [0.2, 0.25) is 0 Å². The Morgan fingerprint density at radius 2 is 2.18 bits per heavy atom. The van der Waals surface area contributed by atoms with Crippen LogP contribution in [0.5, 0.6) is 5.75 Å². The Morgan fingerprint density at radius 3 is 2.71 bits per heavy atom. The first-order valence-electron chi connectivity index (χ1n) is 5.95. The van der Waals surface area contributed by atoms with Crippen molar-refractivity contribution in [2.24, 2.45) is 5.92 Å². The standard InChI is InChI=1S/C14H18O3/c1-8(2)10-7-11(14(15)16)9-5-4-6-12(17-3)13(9)10/h4-6,8,10-11H,7H2,1-3H3,(H,15,16). The number of hydrogen-bond donors (Lipinski definition) is 1. The number of ether oxygens (including phenoxy) is 1. The van der Waals surface area contributed by atoms with Crippen LogP contribution in [0.15, 0.2) is 18.2 Å². The third-order valence-electron chi connectivity index (χ3n) is 3.66. The predicted molar refractivity (Wildman–Crippen MR) is 65.6 cm³/mol. The fourth-order valence-electron chi connectivity index (χ4n) is 2.78. The summed E-state index contributed by atoms with van der Waals surface area (Å²) in [6.45, 7) is 4.26. The van der Waals surface area contributed by atoms with Gasteiger partial charge in [-0.1, -0.05) is 26.0 Å². The van der Waals surface area contributed by atoms with Crippen molar-refractivity contribution >= 4 is 5.97 Å².